The molecule has 0 amide bonds. The largest absolute Gasteiger partial charge is 0.379 e. The predicted octanol–water partition coefficient (Wildman–Crippen LogP) is 3.52. The van der Waals surface area contributed by atoms with Gasteiger partial charge >= 0.3 is 0 Å². The van der Waals surface area contributed by atoms with Crippen molar-refractivity contribution in [1.29, 1.82) is 0 Å². The fraction of sp³-hybridized carbons (Fsp3) is 0.286. The second-order valence-corrected chi connectivity index (χ2v) is 5.96. The highest BCUT2D eigenvalue weighted by Crippen LogP contribution is 2.21. The van der Waals surface area contributed by atoms with Gasteiger partial charge in [0.25, 0.3) is 0 Å². The third kappa shape index (κ3) is 4.63. The number of benzene rings is 2. The molecule has 0 unspecified atom stereocenters. The number of carbonyl (C=O) groups excluding carboxylic acids is 1. The van der Waals surface area contributed by atoms with Crippen molar-refractivity contribution < 1.29 is 9.53 Å². The van der Waals surface area contributed by atoms with Crippen LogP contribution < -0.4 is 0 Å². The predicted molar refractivity (Wildman–Crippen MR) is 97.6 cm³/mol. The van der Waals surface area contributed by atoms with Crippen molar-refractivity contribution in [3.63, 3.8) is 0 Å². The first-order valence-electron chi connectivity index (χ1n) is 8.48. The van der Waals surface area contributed by atoms with E-state index in [9.17, 15) is 4.79 Å². The number of ketones is 1. The van der Waals surface area contributed by atoms with Crippen molar-refractivity contribution in [2.75, 3.05) is 32.8 Å². The lowest BCUT2D eigenvalue weighted by Gasteiger charge is -2.26. The Morgan fingerprint density at radius 3 is 2.25 bits per heavy atom. The smallest absolute Gasteiger partial charge is 0.164 e. The van der Waals surface area contributed by atoms with Crippen LogP contribution in [0.15, 0.2) is 60.7 Å². The van der Waals surface area contributed by atoms with Gasteiger partial charge in [-0.05, 0) is 17.2 Å². The summed E-state index contributed by atoms with van der Waals surface area (Å²) in [6.45, 7) is 4.15. The molecule has 1 heterocycles. The number of Topliss-reactive ketones (excluding diaryl/α,β-unsaturated/α-hetero) is 1. The van der Waals surface area contributed by atoms with Crippen molar-refractivity contribution in [1.82, 2.24) is 4.90 Å². The van der Waals surface area contributed by atoms with E-state index in [1.54, 1.807) is 0 Å². The molecule has 1 aliphatic heterocycles. The quantitative estimate of drug-likeness (QED) is 0.602. The highest BCUT2D eigenvalue weighted by atomic mass is 16.5. The summed E-state index contributed by atoms with van der Waals surface area (Å²) < 4.78 is 5.36. The molecule has 0 atom stereocenters. The number of rotatable bonds is 6. The maximum absolute atomic E-state index is 12.9. The number of carbonyl (C=O) groups is 1. The fourth-order valence-corrected chi connectivity index (χ4v) is 2.88. The zero-order valence-corrected chi connectivity index (χ0v) is 13.9. The molecule has 0 N–H and O–H groups in total. The number of ether oxygens (including phenoxy) is 1. The Balaban J connectivity index is 1.76. The van der Waals surface area contributed by atoms with Crippen molar-refractivity contribution >= 4 is 17.4 Å². The first kappa shape index (κ1) is 16.6. The van der Waals surface area contributed by atoms with Gasteiger partial charge in [0.1, 0.15) is 0 Å². The van der Waals surface area contributed by atoms with Gasteiger partial charge in [0, 0.05) is 31.6 Å². The van der Waals surface area contributed by atoms with Crippen LogP contribution in [0.1, 0.15) is 17.5 Å². The van der Waals surface area contributed by atoms with Gasteiger partial charge in [0.05, 0.1) is 13.2 Å². The minimum Gasteiger partial charge on any atom is -0.379 e. The Kier molecular flexibility index (Phi) is 5.94. The first-order valence-corrected chi connectivity index (χ1v) is 8.48. The van der Waals surface area contributed by atoms with E-state index < -0.39 is 0 Å². The number of nitrogens with zero attached hydrogens (tertiary/aromatic N) is 1. The van der Waals surface area contributed by atoms with E-state index in [0.717, 1.165) is 49.5 Å². The van der Waals surface area contributed by atoms with Gasteiger partial charge in [0.2, 0.25) is 0 Å². The topological polar surface area (TPSA) is 29.5 Å². The summed E-state index contributed by atoms with van der Waals surface area (Å²) in [6, 6.07) is 20.0. The number of allylic oxidation sites excluding steroid dienone is 1. The van der Waals surface area contributed by atoms with Crippen molar-refractivity contribution in [2.24, 2.45) is 0 Å². The van der Waals surface area contributed by atoms with Crippen LogP contribution >= 0.6 is 0 Å². The van der Waals surface area contributed by atoms with Gasteiger partial charge < -0.3 is 4.74 Å². The minimum atomic E-state index is 0.191. The summed E-state index contributed by atoms with van der Waals surface area (Å²) in [5, 5.41) is 0. The molecule has 0 saturated carbocycles. The number of hydrogen-bond acceptors (Lipinski definition) is 3. The Morgan fingerprint density at radius 1 is 0.958 bits per heavy atom. The van der Waals surface area contributed by atoms with Crippen LogP contribution in [-0.4, -0.2) is 43.5 Å². The number of morpholine rings is 1. The molecule has 3 nitrogen and oxygen atoms in total. The van der Waals surface area contributed by atoms with Gasteiger partial charge in [-0.25, -0.2) is 0 Å². The molecule has 3 rings (SSSR count). The van der Waals surface area contributed by atoms with E-state index >= 15 is 0 Å². The molecule has 2 aromatic carbocycles. The molecule has 2 aromatic rings. The van der Waals surface area contributed by atoms with Crippen molar-refractivity contribution in [2.45, 2.75) is 6.42 Å². The van der Waals surface area contributed by atoms with Crippen LogP contribution in [0.25, 0.3) is 11.6 Å². The molecule has 0 aromatic heterocycles. The molecular weight excluding hydrogens is 298 g/mol. The second kappa shape index (κ2) is 8.57. The fourth-order valence-electron chi connectivity index (χ4n) is 2.88. The lowest BCUT2D eigenvalue weighted by molar-refractivity contribution is -0.114. The van der Waals surface area contributed by atoms with Crippen LogP contribution in [0.3, 0.4) is 0 Å². The van der Waals surface area contributed by atoms with Crippen LogP contribution in [0.5, 0.6) is 0 Å². The van der Waals surface area contributed by atoms with Gasteiger partial charge in [-0.1, -0.05) is 60.7 Å². The molecule has 0 bridgehead atoms. The molecule has 1 fully saturated rings. The van der Waals surface area contributed by atoms with Crippen molar-refractivity contribution in [3.8, 4) is 0 Å². The number of hydrogen-bond donors (Lipinski definition) is 0. The normalized spacial score (nSPS) is 16.1. The van der Waals surface area contributed by atoms with E-state index in [0.29, 0.717) is 6.42 Å². The SMILES string of the molecule is O=C(CCN1CCOCC1)C(=Cc1ccccc1)c1ccccc1. The van der Waals surface area contributed by atoms with Crippen LogP contribution in [-0.2, 0) is 9.53 Å². The highest BCUT2D eigenvalue weighted by Gasteiger charge is 2.15. The van der Waals surface area contributed by atoms with Crippen LogP contribution in [0, 0.1) is 0 Å². The molecule has 0 aliphatic carbocycles. The Labute approximate surface area is 143 Å². The molecule has 0 spiro atoms. The summed E-state index contributed by atoms with van der Waals surface area (Å²) >= 11 is 0. The molecule has 24 heavy (non-hydrogen) atoms. The summed E-state index contributed by atoms with van der Waals surface area (Å²) in [6.07, 6.45) is 2.53. The third-order valence-electron chi connectivity index (χ3n) is 4.25. The molecular formula is C21H23NO2. The Bertz CT molecular complexity index is 673. The van der Waals surface area contributed by atoms with E-state index in [2.05, 4.69) is 4.90 Å². The maximum atomic E-state index is 12.9. The molecule has 3 heteroatoms. The maximum Gasteiger partial charge on any atom is 0.164 e. The van der Waals surface area contributed by atoms with Crippen LogP contribution in [0.4, 0.5) is 0 Å². The average molecular weight is 321 g/mol. The summed E-state index contributed by atoms with van der Waals surface area (Å²) in [7, 11) is 0. The Hall–Kier alpha value is -2.23. The van der Waals surface area contributed by atoms with E-state index in [1.807, 2.05) is 66.7 Å². The van der Waals surface area contributed by atoms with Gasteiger partial charge in [-0.15, -0.1) is 0 Å². The Morgan fingerprint density at radius 2 is 1.58 bits per heavy atom. The molecule has 124 valence electrons. The standard InChI is InChI=1S/C21H23NO2/c23-21(11-12-22-13-15-24-16-14-22)20(19-9-5-2-6-10-19)17-18-7-3-1-4-8-18/h1-10,17H,11-16H2. The monoisotopic (exact) mass is 321 g/mol. The summed E-state index contributed by atoms with van der Waals surface area (Å²) in [4.78, 5) is 15.2. The molecule has 1 saturated heterocycles. The zero-order chi connectivity index (χ0) is 16.6. The van der Waals surface area contributed by atoms with Gasteiger partial charge in [0.15, 0.2) is 5.78 Å². The van der Waals surface area contributed by atoms with Gasteiger partial charge in [-0.2, -0.15) is 0 Å². The molecule has 0 radical (unpaired) electrons. The lowest BCUT2D eigenvalue weighted by atomic mass is 9.97. The minimum absolute atomic E-state index is 0.191. The third-order valence-corrected chi connectivity index (χ3v) is 4.25. The highest BCUT2D eigenvalue weighted by molar-refractivity contribution is 6.25. The van der Waals surface area contributed by atoms with Crippen molar-refractivity contribution in [3.05, 3.63) is 71.8 Å². The van der Waals surface area contributed by atoms with E-state index in [-0.39, 0.29) is 5.78 Å². The lowest BCUT2D eigenvalue weighted by Crippen LogP contribution is -2.37. The second-order valence-electron chi connectivity index (χ2n) is 5.96. The van der Waals surface area contributed by atoms with E-state index in [4.69, 9.17) is 4.74 Å². The summed E-state index contributed by atoms with van der Waals surface area (Å²) in [5.74, 6) is 0.191. The van der Waals surface area contributed by atoms with Gasteiger partial charge in [-0.3, -0.25) is 9.69 Å². The zero-order valence-electron chi connectivity index (χ0n) is 13.9. The molecule has 1 aliphatic rings. The van der Waals surface area contributed by atoms with E-state index in [1.165, 1.54) is 0 Å². The summed E-state index contributed by atoms with van der Waals surface area (Å²) in [5.41, 5.74) is 2.82. The first-order chi connectivity index (χ1) is 11.8. The van der Waals surface area contributed by atoms with Crippen LogP contribution in [0.2, 0.25) is 0 Å². The average Bonchev–Trinajstić information content (AvgIpc) is 2.66.